The van der Waals surface area contributed by atoms with Crippen molar-refractivity contribution in [2.24, 2.45) is 0 Å². The molecular weight excluding hydrogens is 262 g/mol. The summed E-state index contributed by atoms with van der Waals surface area (Å²) in [5.74, 6) is 0.733. The first-order valence-corrected chi connectivity index (χ1v) is 6.35. The van der Waals surface area contributed by atoms with Gasteiger partial charge in [-0.15, -0.1) is 0 Å². The molecule has 0 fully saturated rings. The van der Waals surface area contributed by atoms with E-state index in [1.165, 1.54) is 18.1 Å². The Labute approximate surface area is 113 Å². The monoisotopic (exact) mass is 273 g/mol. The summed E-state index contributed by atoms with van der Waals surface area (Å²) in [6, 6.07) is 5.56. The highest BCUT2D eigenvalue weighted by Crippen LogP contribution is 2.35. The molecule has 3 aromatic rings. The average molecular weight is 273 g/mol. The summed E-state index contributed by atoms with van der Waals surface area (Å²) in [6.45, 7) is 0. The summed E-state index contributed by atoms with van der Waals surface area (Å²) in [5.41, 5.74) is 8.09. The molecule has 7 heteroatoms. The molecule has 2 aromatic heterocycles. The van der Waals surface area contributed by atoms with Crippen LogP contribution in [-0.4, -0.2) is 27.0 Å². The minimum atomic E-state index is 0.643. The maximum Gasteiger partial charge on any atom is 0.181 e. The molecule has 0 aliphatic rings. The molecule has 0 saturated heterocycles. The number of nitrogens with one attached hydrogen (secondary N) is 1. The third kappa shape index (κ3) is 2.19. The SMILES string of the molecule is COc1ccc(Sc2ncnc3nc[nH]c23)c(N)c1. The lowest BCUT2D eigenvalue weighted by molar-refractivity contribution is 0.415. The second-order valence-electron chi connectivity index (χ2n) is 3.79. The van der Waals surface area contributed by atoms with E-state index in [0.717, 1.165) is 21.2 Å². The van der Waals surface area contributed by atoms with E-state index < -0.39 is 0 Å². The van der Waals surface area contributed by atoms with E-state index in [2.05, 4.69) is 19.9 Å². The Kier molecular flexibility index (Phi) is 2.96. The summed E-state index contributed by atoms with van der Waals surface area (Å²) in [4.78, 5) is 16.4. The lowest BCUT2D eigenvalue weighted by atomic mass is 10.3. The summed E-state index contributed by atoms with van der Waals surface area (Å²) in [6.07, 6.45) is 3.09. The highest BCUT2D eigenvalue weighted by atomic mass is 32.2. The zero-order chi connectivity index (χ0) is 13.2. The second-order valence-corrected chi connectivity index (χ2v) is 4.82. The number of H-pyrrole nitrogens is 1. The van der Waals surface area contributed by atoms with E-state index in [4.69, 9.17) is 10.5 Å². The quantitative estimate of drug-likeness (QED) is 0.561. The van der Waals surface area contributed by atoms with Gasteiger partial charge in [-0.2, -0.15) is 0 Å². The standard InChI is InChI=1S/C12H11N5OS/c1-18-7-2-3-9(8(13)4-7)19-12-10-11(15-5-14-10)16-6-17-12/h2-6H,13H2,1H3,(H,14,15,16,17). The Bertz CT molecular complexity index is 727. The molecule has 0 unspecified atom stereocenters. The molecule has 0 saturated carbocycles. The van der Waals surface area contributed by atoms with E-state index in [9.17, 15) is 0 Å². The van der Waals surface area contributed by atoms with Gasteiger partial charge in [-0.3, -0.25) is 0 Å². The van der Waals surface area contributed by atoms with Crippen molar-refractivity contribution < 1.29 is 4.74 Å². The van der Waals surface area contributed by atoms with Gasteiger partial charge in [0.05, 0.1) is 13.4 Å². The number of fused-ring (bicyclic) bond motifs is 1. The Hall–Kier alpha value is -2.28. The van der Waals surface area contributed by atoms with Gasteiger partial charge in [0.1, 0.15) is 22.6 Å². The lowest BCUT2D eigenvalue weighted by Gasteiger charge is -2.07. The Morgan fingerprint density at radius 1 is 1.26 bits per heavy atom. The molecule has 96 valence electrons. The van der Waals surface area contributed by atoms with Gasteiger partial charge in [0.25, 0.3) is 0 Å². The van der Waals surface area contributed by atoms with Crippen LogP contribution in [0.3, 0.4) is 0 Å². The van der Waals surface area contributed by atoms with Gasteiger partial charge in [0, 0.05) is 16.6 Å². The van der Waals surface area contributed by atoms with Crippen LogP contribution in [0.1, 0.15) is 0 Å². The van der Waals surface area contributed by atoms with Crippen molar-refractivity contribution in [1.82, 2.24) is 19.9 Å². The van der Waals surface area contributed by atoms with Crippen LogP contribution >= 0.6 is 11.8 Å². The zero-order valence-electron chi connectivity index (χ0n) is 10.1. The van der Waals surface area contributed by atoms with Crippen molar-refractivity contribution in [2.45, 2.75) is 9.92 Å². The van der Waals surface area contributed by atoms with E-state index >= 15 is 0 Å². The predicted octanol–water partition coefficient (Wildman–Crippen LogP) is 2.09. The molecule has 0 atom stereocenters. The Morgan fingerprint density at radius 3 is 2.95 bits per heavy atom. The third-order valence-electron chi connectivity index (χ3n) is 2.61. The first kappa shape index (κ1) is 11.8. The molecule has 0 radical (unpaired) electrons. The summed E-state index contributed by atoms with van der Waals surface area (Å²) in [7, 11) is 1.61. The molecule has 1 aromatic carbocycles. The van der Waals surface area contributed by atoms with Crippen LogP contribution in [0, 0.1) is 0 Å². The summed E-state index contributed by atoms with van der Waals surface area (Å²) in [5, 5.41) is 0.791. The topological polar surface area (TPSA) is 89.7 Å². The fourth-order valence-corrected chi connectivity index (χ4v) is 2.54. The van der Waals surface area contributed by atoms with Gasteiger partial charge >= 0.3 is 0 Å². The van der Waals surface area contributed by atoms with Crippen molar-refractivity contribution in [1.29, 1.82) is 0 Å². The lowest BCUT2D eigenvalue weighted by Crippen LogP contribution is -1.92. The number of rotatable bonds is 3. The Morgan fingerprint density at radius 2 is 2.16 bits per heavy atom. The van der Waals surface area contributed by atoms with E-state index in [1.54, 1.807) is 19.5 Å². The molecule has 0 spiro atoms. The zero-order valence-corrected chi connectivity index (χ0v) is 10.9. The minimum absolute atomic E-state index is 0.643. The number of nitrogen functional groups attached to an aromatic ring is 1. The van der Waals surface area contributed by atoms with Gasteiger partial charge in [-0.1, -0.05) is 11.8 Å². The molecule has 3 N–H and O–H groups in total. The highest BCUT2D eigenvalue weighted by Gasteiger charge is 2.10. The number of nitrogens with two attached hydrogens (primary N) is 1. The van der Waals surface area contributed by atoms with Gasteiger partial charge in [-0.25, -0.2) is 15.0 Å². The number of hydrogen-bond acceptors (Lipinski definition) is 6. The third-order valence-corrected chi connectivity index (χ3v) is 3.71. The number of nitrogens with zero attached hydrogens (tertiary/aromatic N) is 3. The molecule has 6 nitrogen and oxygen atoms in total. The molecule has 0 aliphatic carbocycles. The van der Waals surface area contributed by atoms with Crippen molar-refractivity contribution in [3.63, 3.8) is 0 Å². The van der Waals surface area contributed by atoms with Gasteiger partial charge < -0.3 is 15.5 Å². The molecule has 3 rings (SSSR count). The normalized spacial score (nSPS) is 10.8. The van der Waals surface area contributed by atoms with Crippen LogP contribution in [0.4, 0.5) is 5.69 Å². The molecular formula is C12H11N5OS. The summed E-state index contributed by atoms with van der Waals surface area (Å²) < 4.78 is 5.13. The van der Waals surface area contributed by atoms with Crippen molar-refractivity contribution in [2.75, 3.05) is 12.8 Å². The average Bonchev–Trinajstić information content (AvgIpc) is 2.90. The van der Waals surface area contributed by atoms with E-state index in [0.29, 0.717) is 11.3 Å². The number of methoxy groups -OCH3 is 1. The number of aromatic nitrogens is 4. The van der Waals surface area contributed by atoms with Crippen LogP contribution in [0.5, 0.6) is 5.75 Å². The molecule has 0 amide bonds. The van der Waals surface area contributed by atoms with Gasteiger partial charge in [-0.05, 0) is 12.1 Å². The van der Waals surface area contributed by atoms with Gasteiger partial charge in [0.2, 0.25) is 0 Å². The first-order valence-electron chi connectivity index (χ1n) is 5.53. The van der Waals surface area contributed by atoms with Crippen LogP contribution in [0.2, 0.25) is 0 Å². The fraction of sp³-hybridized carbons (Fsp3) is 0.0833. The van der Waals surface area contributed by atoms with Crippen molar-refractivity contribution in [3.05, 3.63) is 30.9 Å². The fourth-order valence-electron chi connectivity index (χ4n) is 1.67. The van der Waals surface area contributed by atoms with E-state index in [1.807, 2.05) is 12.1 Å². The Balaban J connectivity index is 1.99. The number of aromatic amines is 1. The van der Waals surface area contributed by atoms with E-state index in [-0.39, 0.29) is 0 Å². The second kappa shape index (κ2) is 4.77. The maximum atomic E-state index is 5.99. The number of benzene rings is 1. The summed E-state index contributed by atoms with van der Waals surface area (Å²) >= 11 is 1.46. The molecule has 0 aliphatic heterocycles. The van der Waals surface area contributed by atoms with Crippen molar-refractivity contribution in [3.8, 4) is 5.75 Å². The van der Waals surface area contributed by atoms with Crippen molar-refractivity contribution >= 4 is 28.6 Å². The molecule has 19 heavy (non-hydrogen) atoms. The first-order chi connectivity index (χ1) is 9.28. The number of anilines is 1. The number of hydrogen-bond donors (Lipinski definition) is 2. The minimum Gasteiger partial charge on any atom is -0.497 e. The predicted molar refractivity (Wildman–Crippen MR) is 73.2 cm³/mol. The van der Waals surface area contributed by atoms with Crippen LogP contribution in [0.15, 0.2) is 40.8 Å². The highest BCUT2D eigenvalue weighted by molar-refractivity contribution is 7.99. The maximum absolute atomic E-state index is 5.99. The number of imidazole rings is 1. The van der Waals surface area contributed by atoms with Crippen LogP contribution in [-0.2, 0) is 0 Å². The molecule has 0 bridgehead atoms. The van der Waals surface area contributed by atoms with Gasteiger partial charge in [0.15, 0.2) is 5.65 Å². The number of ether oxygens (including phenoxy) is 1. The van der Waals surface area contributed by atoms with Crippen LogP contribution in [0.25, 0.3) is 11.2 Å². The molecule has 2 heterocycles. The largest absolute Gasteiger partial charge is 0.497 e. The van der Waals surface area contributed by atoms with Crippen LogP contribution < -0.4 is 10.5 Å². The smallest absolute Gasteiger partial charge is 0.181 e.